The number of aryl methyl sites for hydroxylation is 1. The first-order chi connectivity index (χ1) is 14.7. The van der Waals surface area contributed by atoms with Crippen LogP contribution in [-0.4, -0.2) is 41.4 Å². The Morgan fingerprint density at radius 3 is 2.63 bits per heavy atom. The molecule has 2 fully saturated rings. The van der Waals surface area contributed by atoms with E-state index in [0.29, 0.717) is 24.3 Å². The van der Waals surface area contributed by atoms with Gasteiger partial charge < -0.3 is 14.7 Å². The molecule has 0 spiro atoms. The van der Waals surface area contributed by atoms with Gasteiger partial charge in [0.05, 0.1) is 6.61 Å². The van der Waals surface area contributed by atoms with E-state index in [0.717, 1.165) is 49.6 Å². The molecule has 1 aromatic carbocycles. The quantitative estimate of drug-likeness (QED) is 0.673. The number of rotatable bonds is 9. The van der Waals surface area contributed by atoms with E-state index in [1.54, 1.807) is 12.1 Å². The number of hydrogen-bond donors (Lipinski definition) is 1. The molecule has 0 radical (unpaired) electrons. The molecule has 2 aromatic rings. The minimum Gasteiger partial charge on any atom is -0.493 e. The average molecular weight is 414 g/mol. The zero-order valence-corrected chi connectivity index (χ0v) is 17.8. The molecule has 4 rings (SSSR count). The summed E-state index contributed by atoms with van der Waals surface area (Å²) in [5.41, 5.74) is 1.71. The van der Waals surface area contributed by atoms with Gasteiger partial charge in [0.15, 0.2) is 0 Å². The fourth-order valence-electron chi connectivity index (χ4n) is 4.67. The monoisotopic (exact) mass is 413 g/mol. The number of aromatic nitrogens is 2. The van der Waals surface area contributed by atoms with Gasteiger partial charge in [-0.2, -0.15) is 0 Å². The highest BCUT2D eigenvalue weighted by atomic mass is 19.1. The minimum atomic E-state index is -0.300. The lowest BCUT2D eigenvalue weighted by Crippen LogP contribution is -2.35. The largest absolute Gasteiger partial charge is 0.493 e. The molecular formula is C24H32FN3O2. The standard InChI is InChI=1S/C24H32FN3O2/c1-2-17-15-26-24(27-16-17)28-9-5-18(6-10-28)22-13-20(22)8-12-30-21-4-3-19(7-11-29)23(25)14-21/h3-4,14-16,18,20,22,29H,2,5-13H2,1H3/t20-,22-/m1/s1. The number of ether oxygens (including phenoxy) is 1. The molecule has 0 unspecified atom stereocenters. The third-order valence-electron chi connectivity index (χ3n) is 6.67. The van der Waals surface area contributed by atoms with Gasteiger partial charge in [-0.15, -0.1) is 0 Å². The highest BCUT2D eigenvalue weighted by Gasteiger charge is 2.43. The Labute approximate surface area is 178 Å². The van der Waals surface area contributed by atoms with Crippen molar-refractivity contribution in [3.8, 4) is 5.75 Å². The molecule has 0 amide bonds. The van der Waals surface area contributed by atoms with Gasteiger partial charge in [-0.1, -0.05) is 13.0 Å². The van der Waals surface area contributed by atoms with Crippen LogP contribution in [0.25, 0.3) is 0 Å². The van der Waals surface area contributed by atoms with Crippen molar-refractivity contribution in [2.45, 2.75) is 45.4 Å². The van der Waals surface area contributed by atoms with Crippen LogP contribution in [0.4, 0.5) is 10.3 Å². The van der Waals surface area contributed by atoms with E-state index in [-0.39, 0.29) is 12.4 Å². The Balaban J connectivity index is 1.17. The van der Waals surface area contributed by atoms with Gasteiger partial charge >= 0.3 is 0 Å². The number of piperidine rings is 1. The zero-order valence-electron chi connectivity index (χ0n) is 17.8. The maximum absolute atomic E-state index is 13.9. The molecule has 1 aliphatic heterocycles. The lowest BCUT2D eigenvalue weighted by atomic mass is 9.90. The summed E-state index contributed by atoms with van der Waals surface area (Å²) in [6.07, 6.45) is 9.93. The lowest BCUT2D eigenvalue weighted by molar-refractivity contribution is 0.282. The van der Waals surface area contributed by atoms with E-state index < -0.39 is 0 Å². The summed E-state index contributed by atoms with van der Waals surface area (Å²) < 4.78 is 19.7. The lowest BCUT2D eigenvalue weighted by Gasteiger charge is -2.32. The summed E-state index contributed by atoms with van der Waals surface area (Å²) in [5.74, 6) is 3.47. The van der Waals surface area contributed by atoms with E-state index in [4.69, 9.17) is 9.84 Å². The number of halogens is 1. The number of anilines is 1. The molecular weight excluding hydrogens is 381 g/mol. The number of hydrogen-bond acceptors (Lipinski definition) is 5. The van der Waals surface area contributed by atoms with Gasteiger partial charge in [-0.3, -0.25) is 0 Å². The van der Waals surface area contributed by atoms with Crippen LogP contribution in [0.15, 0.2) is 30.6 Å². The molecule has 1 saturated carbocycles. The number of benzene rings is 1. The molecule has 162 valence electrons. The Kier molecular flexibility index (Phi) is 6.82. The van der Waals surface area contributed by atoms with Crippen molar-refractivity contribution in [3.05, 3.63) is 47.5 Å². The van der Waals surface area contributed by atoms with Crippen molar-refractivity contribution in [1.82, 2.24) is 9.97 Å². The van der Waals surface area contributed by atoms with Gasteiger partial charge in [-0.25, -0.2) is 14.4 Å². The van der Waals surface area contributed by atoms with Crippen LogP contribution in [0.2, 0.25) is 0 Å². The zero-order chi connectivity index (χ0) is 20.9. The fourth-order valence-corrected chi connectivity index (χ4v) is 4.67. The first-order valence-corrected chi connectivity index (χ1v) is 11.3. The second-order valence-corrected chi connectivity index (χ2v) is 8.59. The Morgan fingerprint density at radius 2 is 1.97 bits per heavy atom. The van der Waals surface area contributed by atoms with E-state index >= 15 is 0 Å². The van der Waals surface area contributed by atoms with Crippen LogP contribution in [0, 0.1) is 23.6 Å². The molecule has 1 aliphatic carbocycles. The van der Waals surface area contributed by atoms with Crippen molar-refractivity contribution in [3.63, 3.8) is 0 Å². The van der Waals surface area contributed by atoms with Crippen LogP contribution in [-0.2, 0) is 12.8 Å². The van der Waals surface area contributed by atoms with Crippen LogP contribution in [0.5, 0.6) is 5.75 Å². The number of aliphatic hydroxyl groups is 1. The second-order valence-electron chi connectivity index (χ2n) is 8.59. The SMILES string of the molecule is CCc1cnc(N2CCC([C@H]3C[C@H]3CCOc3ccc(CCO)c(F)c3)CC2)nc1. The van der Waals surface area contributed by atoms with Gasteiger partial charge in [0, 0.05) is 38.2 Å². The number of nitrogens with zero attached hydrogens (tertiary/aromatic N) is 3. The van der Waals surface area contributed by atoms with Crippen LogP contribution in [0.1, 0.15) is 43.7 Å². The average Bonchev–Trinajstić information content (AvgIpc) is 3.55. The maximum Gasteiger partial charge on any atom is 0.225 e. The van der Waals surface area contributed by atoms with Crippen LogP contribution >= 0.6 is 0 Å². The van der Waals surface area contributed by atoms with Crippen molar-refractivity contribution in [1.29, 1.82) is 0 Å². The summed E-state index contributed by atoms with van der Waals surface area (Å²) in [4.78, 5) is 11.4. The summed E-state index contributed by atoms with van der Waals surface area (Å²) in [7, 11) is 0. The molecule has 30 heavy (non-hydrogen) atoms. The van der Waals surface area contributed by atoms with Crippen LogP contribution < -0.4 is 9.64 Å². The Bertz CT molecular complexity index is 822. The first-order valence-electron chi connectivity index (χ1n) is 11.3. The summed E-state index contributed by atoms with van der Waals surface area (Å²) in [5, 5.41) is 8.94. The third-order valence-corrected chi connectivity index (χ3v) is 6.67. The number of aliphatic hydroxyl groups excluding tert-OH is 1. The first kappa shape index (κ1) is 21.0. The van der Waals surface area contributed by atoms with Crippen molar-refractivity contribution < 1.29 is 14.2 Å². The molecule has 6 heteroatoms. The van der Waals surface area contributed by atoms with Gasteiger partial charge in [-0.05, 0) is 73.5 Å². The van der Waals surface area contributed by atoms with Gasteiger partial charge in [0.1, 0.15) is 11.6 Å². The smallest absolute Gasteiger partial charge is 0.225 e. The summed E-state index contributed by atoms with van der Waals surface area (Å²) >= 11 is 0. The molecule has 1 saturated heterocycles. The maximum atomic E-state index is 13.9. The highest BCUT2D eigenvalue weighted by Crippen LogP contribution is 2.49. The third kappa shape index (κ3) is 5.09. The topological polar surface area (TPSA) is 58.5 Å². The van der Waals surface area contributed by atoms with E-state index in [9.17, 15) is 4.39 Å². The minimum absolute atomic E-state index is 0.0444. The van der Waals surface area contributed by atoms with Crippen molar-refractivity contribution in [2.24, 2.45) is 17.8 Å². The van der Waals surface area contributed by atoms with E-state index in [1.165, 1.54) is 30.9 Å². The predicted molar refractivity (Wildman–Crippen MR) is 115 cm³/mol. The Morgan fingerprint density at radius 1 is 1.20 bits per heavy atom. The highest BCUT2D eigenvalue weighted by molar-refractivity contribution is 5.31. The molecule has 1 aromatic heterocycles. The van der Waals surface area contributed by atoms with Crippen LogP contribution in [0.3, 0.4) is 0 Å². The van der Waals surface area contributed by atoms with Gasteiger partial charge in [0.2, 0.25) is 5.95 Å². The van der Waals surface area contributed by atoms with Gasteiger partial charge in [0.25, 0.3) is 0 Å². The van der Waals surface area contributed by atoms with Crippen molar-refractivity contribution in [2.75, 3.05) is 31.2 Å². The predicted octanol–water partition coefficient (Wildman–Crippen LogP) is 4.03. The summed E-state index contributed by atoms with van der Waals surface area (Å²) in [6, 6.07) is 4.93. The fraction of sp³-hybridized carbons (Fsp3) is 0.583. The van der Waals surface area contributed by atoms with E-state index in [1.807, 2.05) is 12.4 Å². The molecule has 5 nitrogen and oxygen atoms in total. The molecule has 0 bridgehead atoms. The molecule has 2 heterocycles. The Hall–Kier alpha value is -2.21. The van der Waals surface area contributed by atoms with Crippen molar-refractivity contribution >= 4 is 5.95 Å². The van der Waals surface area contributed by atoms with E-state index in [2.05, 4.69) is 21.8 Å². The second kappa shape index (κ2) is 9.73. The molecule has 1 N–H and O–H groups in total. The summed E-state index contributed by atoms with van der Waals surface area (Å²) in [6.45, 7) is 4.78. The molecule has 2 atom stereocenters. The molecule has 2 aliphatic rings. The normalized spacial score (nSPS) is 21.6.